The number of imide groups is 1. The van der Waals surface area contributed by atoms with Crippen molar-refractivity contribution in [1.82, 2.24) is 4.90 Å². The SMILES string of the molecule is O=C1CC(N(Cc2cccs2)C(=O)c2cccs2)C(=O)N1c1ccc(Br)cc1. The molecule has 3 amide bonds. The number of carbonyl (C=O) groups excluding carboxylic acids is 3. The summed E-state index contributed by atoms with van der Waals surface area (Å²) in [5.41, 5.74) is 0.514. The lowest BCUT2D eigenvalue weighted by Crippen LogP contribution is -2.44. The van der Waals surface area contributed by atoms with Gasteiger partial charge in [0.2, 0.25) is 5.91 Å². The number of carbonyl (C=O) groups is 3. The van der Waals surface area contributed by atoms with Gasteiger partial charge in [-0.05, 0) is 47.2 Å². The average Bonchev–Trinajstić information content (AvgIpc) is 3.43. The number of thiophene rings is 2. The van der Waals surface area contributed by atoms with Gasteiger partial charge in [-0.25, -0.2) is 4.90 Å². The van der Waals surface area contributed by atoms with Gasteiger partial charge in [0.15, 0.2) is 0 Å². The average molecular weight is 475 g/mol. The Morgan fingerprint density at radius 2 is 1.79 bits per heavy atom. The highest BCUT2D eigenvalue weighted by Gasteiger charge is 2.44. The number of hydrogen-bond donors (Lipinski definition) is 0. The zero-order valence-corrected chi connectivity index (χ0v) is 17.8. The molecule has 1 unspecified atom stereocenters. The van der Waals surface area contributed by atoms with E-state index in [4.69, 9.17) is 0 Å². The number of hydrogen-bond acceptors (Lipinski definition) is 5. The van der Waals surface area contributed by atoms with Gasteiger partial charge in [0.25, 0.3) is 11.8 Å². The maximum atomic E-state index is 13.2. The first-order chi connectivity index (χ1) is 13.5. The molecular formula is C20H15BrN2O3S2. The first-order valence-electron chi connectivity index (χ1n) is 8.54. The van der Waals surface area contributed by atoms with E-state index < -0.39 is 6.04 Å². The topological polar surface area (TPSA) is 57.7 Å². The van der Waals surface area contributed by atoms with E-state index in [2.05, 4.69) is 15.9 Å². The molecule has 1 fully saturated rings. The molecule has 1 aromatic carbocycles. The minimum absolute atomic E-state index is 0.0165. The largest absolute Gasteiger partial charge is 0.320 e. The van der Waals surface area contributed by atoms with Gasteiger partial charge < -0.3 is 4.90 Å². The van der Waals surface area contributed by atoms with Crippen molar-refractivity contribution in [3.63, 3.8) is 0 Å². The minimum atomic E-state index is -0.812. The number of halogens is 1. The highest BCUT2D eigenvalue weighted by Crippen LogP contribution is 2.29. The van der Waals surface area contributed by atoms with Gasteiger partial charge in [-0.1, -0.05) is 28.1 Å². The van der Waals surface area contributed by atoms with Crippen molar-refractivity contribution in [2.75, 3.05) is 4.90 Å². The molecule has 8 heteroatoms. The molecule has 0 bridgehead atoms. The molecule has 2 aromatic heterocycles. The maximum absolute atomic E-state index is 13.2. The van der Waals surface area contributed by atoms with Crippen LogP contribution in [0.3, 0.4) is 0 Å². The fourth-order valence-corrected chi connectivity index (χ4v) is 4.80. The fourth-order valence-electron chi connectivity index (χ4n) is 3.16. The molecule has 0 saturated carbocycles. The van der Waals surface area contributed by atoms with Gasteiger partial charge in [-0.2, -0.15) is 0 Å². The lowest BCUT2D eigenvalue weighted by Gasteiger charge is -2.26. The molecule has 0 N–H and O–H groups in total. The summed E-state index contributed by atoms with van der Waals surface area (Å²) >= 11 is 6.20. The molecule has 1 saturated heterocycles. The number of benzene rings is 1. The monoisotopic (exact) mass is 474 g/mol. The van der Waals surface area contributed by atoms with E-state index in [-0.39, 0.29) is 24.1 Å². The van der Waals surface area contributed by atoms with Gasteiger partial charge in [-0.3, -0.25) is 14.4 Å². The van der Waals surface area contributed by atoms with Crippen molar-refractivity contribution in [3.05, 3.63) is 73.5 Å². The van der Waals surface area contributed by atoms with Crippen LogP contribution in [0.5, 0.6) is 0 Å². The van der Waals surface area contributed by atoms with Crippen LogP contribution in [-0.4, -0.2) is 28.7 Å². The lowest BCUT2D eigenvalue weighted by atomic mass is 10.2. The maximum Gasteiger partial charge on any atom is 0.264 e. The number of rotatable bonds is 5. The van der Waals surface area contributed by atoms with Crippen LogP contribution < -0.4 is 4.90 Å². The van der Waals surface area contributed by atoms with E-state index >= 15 is 0 Å². The Morgan fingerprint density at radius 3 is 2.43 bits per heavy atom. The van der Waals surface area contributed by atoms with Crippen molar-refractivity contribution in [3.8, 4) is 0 Å². The van der Waals surface area contributed by atoms with Gasteiger partial charge in [-0.15, -0.1) is 22.7 Å². The fraction of sp³-hybridized carbons (Fsp3) is 0.150. The second-order valence-electron chi connectivity index (χ2n) is 6.25. The quantitative estimate of drug-likeness (QED) is 0.509. The Bertz CT molecular complexity index is 1000. The highest BCUT2D eigenvalue weighted by atomic mass is 79.9. The molecular weight excluding hydrogens is 460 g/mol. The summed E-state index contributed by atoms with van der Waals surface area (Å²) in [6.45, 7) is 0.298. The van der Waals surface area contributed by atoms with Crippen LogP contribution in [0.15, 0.2) is 63.8 Å². The van der Waals surface area contributed by atoms with Gasteiger partial charge in [0.05, 0.1) is 23.5 Å². The summed E-state index contributed by atoms with van der Waals surface area (Å²) in [4.78, 5) is 43.1. The van der Waals surface area contributed by atoms with E-state index in [0.717, 1.165) is 9.35 Å². The first kappa shape index (κ1) is 19.0. The Labute approximate surface area is 178 Å². The third-order valence-electron chi connectivity index (χ3n) is 4.48. The van der Waals surface area contributed by atoms with Crippen LogP contribution in [0.2, 0.25) is 0 Å². The van der Waals surface area contributed by atoms with E-state index in [9.17, 15) is 14.4 Å². The van der Waals surface area contributed by atoms with E-state index in [1.807, 2.05) is 22.9 Å². The summed E-state index contributed by atoms with van der Waals surface area (Å²) in [7, 11) is 0. The van der Waals surface area contributed by atoms with Crippen molar-refractivity contribution in [1.29, 1.82) is 0 Å². The van der Waals surface area contributed by atoms with Gasteiger partial charge in [0.1, 0.15) is 6.04 Å². The lowest BCUT2D eigenvalue weighted by molar-refractivity contribution is -0.122. The normalized spacial score (nSPS) is 16.6. The number of amides is 3. The van der Waals surface area contributed by atoms with Crippen LogP contribution >= 0.6 is 38.6 Å². The second kappa shape index (κ2) is 7.98. The molecule has 3 aromatic rings. The third-order valence-corrected chi connectivity index (χ3v) is 6.73. The molecule has 1 aliphatic heterocycles. The predicted molar refractivity (Wildman–Crippen MR) is 114 cm³/mol. The Hall–Kier alpha value is -2.29. The smallest absolute Gasteiger partial charge is 0.264 e. The van der Waals surface area contributed by atoms with Crippen LogP contribution in [0, 0.1) is 0 Å². The molecule has 0 spiro atoms. The predicted octanol–water partition coefficient (Wildman–Crippen LogP) is 4.55. The molecule has 0 aliphatic carbocycles. The summed E-state index contributed by atoms with van der Waals surface area (Å²) < 4.78 is 0.860. The van der Waals surface area contributed by atoms with E-state index in [0.29, 0.717) is 17.1 Å². The van der Waals surface area contributed by atoms with E-state index in [1.165, 1.54) is 32.5 Å². The molecule has 28 heavy (non-hydrogen) atoms. The van der Waals surface area contributed by atoms with Crippen LogP contribution in [0.25, 0.3) is 0 Å². The molecule has 5 nitrogen and oxygen atoms in total. The Balaban J connectivity index is 1.66. The van der Waals surface area contributed by atoms with E-state index in [1.54, 1.807) is 36.4 Å². The second-order valence-corrected chi connectivity index (χ2v) is 9.15. The summed E-state index contributed by atoms with van der Waals surface area (Å²) in [6, 6.07) is 13.6. The Kier molecular flexibility index (Phi) is 5.43. The zero-order valence-electron chi connectivity index (χ0n) is 14.6. The summed E-state index contributed by atoms with van der Waals surface area (Å²) in [5.74, 6) is -0.895. The van der Waals surface area contributed by atoms with Crippen molar-refractivity contribution in [2.24, 2.45) is 0 Å². The van der Waals surface area contributed by atoms with Crippen molar-refractivity contribution in [2.45, 2.75) is 19.0 Å². The molecule has 0 radical (unpaired) electrons. The summed E-state index contributed by atoms with van der Waals surface area (Å²) in [5, 5.41) is 3.76. The van der Waals surface area contributed by atoms with Crippen molar-refractivity contribution >= 4 is 62.0 Å². The first-order valence-corrected chi connectivity index (χ1v) is 11.1. The molecule has 4 rings (SSSR count). The zero-order chi connectivity index (χ0) is 19.7. The Morgan fingerprint density at radius 1 is 1.07 bits per heavy atom. The minimum Gasteiger partial charge on any atom is -0.320 e. The van der Waals surface area contributed by atoms with Crippen LogP contribution in [0.1, 0.15) is 21.0 Å². The number of nitrogens with zero attached hydrogens (tertiary/aromatic N) is 2. The standard InChI is InChI=1S/C20H15BrN2O3S2/c21-13-5-7-14(8-6-13)23-18(24)11-16(19(23)25)22(12-15-3-1-9-27-15)20(26)17-4-2-10-28-17/h1-10,16H,11-12H2. The van der Waals surface area contributed by atoms with Gasteiger partial charge in [0, 0.05) is 9.35 Å². The third kappa shape index (κ3) is 3.67. The molecule has 3 heterocycles. The molecule has 1 atom stereocenters. The summed E-state index contributed by atoms with van der Waals surface area (Å²) in [6.07, 6.45) is -0.0165. The molecule has 1 aliphatic rings. The van der Waals surface area contributed by atoms with Crippen molar-refractivity contribution < 1.29 is 14.4 Å². The molecule has 142 valence electrons. The highest BCUT2D eigenvalue weighted by molar-refractivity contribution is 9.10. The number of anilines is 1. The van der Waals surface area contributed by atoms with Gasteiger partial charge >= 0.3 is 0 Å². The van der Waals surface area contributed by atoms with Crippen LogP contribution in [0.4, 0.5) is 5.69 Å². The van der Waals surface area contributed by atoms with Crippen LogP contribution in [-0.2, 0) is 16.1 Å².